The summed E-state index contributed by atoms with van der Waals surface area (Å²) in [6.07, 6.45) is 7.70. The Kier molecular flexibility index (Phi) is 39.0. The fourth-order valence-corrected chi connectivity index (χ4v) is 2.91. The summed E-state index contributed by atoms with van der Waals surface area (Å²) in [4.78, 5) is 0. The fourth-order valence-electron chi connectivity index (χ4n) is 2.91. The normalized spacial score (nSPS) is 11.5. The lowest BCUT2D eigenvalue weighted by atomic mass is 10.1. The lowest BCUT2D eigenvalue weighted by Gasteiger charge is -2.09. The summed E-state index contributed by atoms with van der Waals surface area (Å²) >= 11 is 0. The minimum absolute atomic E-state index is 0.0324. The van der Waals surface area contributed by atoms with E-state index in [0.717, 1.165) is 13.0 Å². The molecule has 0 aliphatic carbocycles. The summed E-state index contributed by atoms with van der Waals surface area (Å²) in [6, 6.07) is 0. The molecule has 0 heterocycles. The van der Waals surface area contributed by atoms with Crippen molar-refractivity contribution in [2.24, 2.45) is 0 Å². The van der Waals surface area contributed by atoms with Crippen molar-refractivity contribution in [2.45, 2.75) is 45.4 Å². The van der Waals surface area contributed by atoms with Crippen molar-refractivity contribution < 1.29 is 65.3 Å². The smallest absolute Gasteiger partial charge is 0.394 e. The van der Waals surface area contributed by atoms with Gasteiger partial charge in [-0.3, -0.25) is 9.11 Å². The van der Waals surface area contributed by atoms with Crippen LogP contribution in [0.25, 0.3) is 0 Å². The van der Waals surface area contributed by atoms with E-state index in [9.17, 15) is 0 Å². The quantitative estimate of drug-likeness (QED) is 0.0711. The molecular formula is C26H56O14S. The highest BCUT2D eigenvalue weighted by atomic mass is 32.3. The lowest BCUT2D eigenvalue weighted by molar-refractivity contribution is -0.0255. The number of unbranched alkanes of at least 4 members (excludes halogenated alkanes) is 5. The average molecular weight is 625 g/mol. The first-order valence-electron chi connectivity index (χ1n) is 14.4. The van der Waals surface area contributed by atoms with Crippen LogP contribution < -0.4 is 0 Å². The van der Waals surface area contributed by atoms with Crippen LogP contribution in [0.3, 0.4) is 0 Å². The second kappa shape index (κ2) is 37.5. The summed E-state index contributed by atoms with van der Waals surface area (Å²) in [6.45, 7) is 12.1. The van der Waals surface area contributed by atoms with Crippen molar-refractivity contribution in [3.8, 4) is 0 Å². The number of rotatable bonds is 33. The van der Waals surface area contributed by atoms with Gasteiger partial charge in [-0.05, 0) is 6.42 Å². The Bertz CT molecular complexity index is 526. The van der Waals surface area contributed by atoms with Crippen molar-refractivity contribution >= 4 is 10.4 Å². The molecule has 0 aromatic rings. The summed E-state index contributed by atoms with van der Waals surface area (Å²) < 4.78 is 80.2. The molecule has 0 saturated heterocycles. The molecule has 0 saturated carbocycles. The van der Waals surface area contributed by atoms with Crippen molar-refractivity contribution in [1.82, 2.24) is 0 Å². The molecule has 0 unspecified atom stereocenters. The van der Waals surface area contributed by atoms with Crippen molar-refractivity contribution in [3.63, 3.8) is 0 Å². The van der Waals surface area contributed by atoms with E-state index >= 15 is 0 Å². The topological polar surface area (TPSA) is 178 Å². The molecule has 0 fully saturated rings. The first-order chi connectivity index (χ1) is 19.9. The molecule has 0 aliphatic rings. The summed E-state index contributed by atoms with van der Waals surface area (Å²) in [5, 5.41) is 8.56. The van der Waals surface area contributed by atoms with Crippen LogP contribution in [0.5, 0.6) is 0 Å². The van der Waals surface area contributed by atoms with Crippen LogP contribution in [0.1, 0.15) is 45.4 Å². The Hall–Kier alpha value is -0.530. The summed E-state index contributed by atoms with van der Waals surface area (Å²) in [5.74, 6) is 0. The molecule has 0 amide bonds. The highest BCUT2D eigenvalue weighted by Crippen LogP contribution is 2.04. The van der Waals surface area contributed by atoms with E-state index < -0.39 is 10.4 Å². The van der Waals surface area contributed by atoms with Crippen LogP contribution in [-0.4, -0.2) is 148 Å². The Morgan fingerprint density at radius 3 is 0.878 bits per heavy atom. The third-order valence-electron chi connectivity index (χ3n) is 4.85. The largest absolute Gasteiger partial charge is 0.394 e. The van der Waals surface area contributed by atoms with E-state index in [1.165, 1.54) is 32.1 Å². The predicted octanol–water partition coefficient (Wildman–Crippen LogP) is 1.84. The molecule has 0 aliphatic heterocycles. The molecule has 41 heavy (non-hydrogen) atoms. The third kappa shape index (κ3) is 52.6. The zero-order chi connectivity index (χ0) is 30.5. The molecule has 0 aromatic carbocycles. The van der Waals surface area contributed by atoms with Gasteiger partial charge < -0.3 is 47.7 Å². The Morgan fingerprint density at radius 1 is 0.390 bits per heavy atom. The summed E-state index contributed by atoms with van der Waals surface area (Å²) in [5.41, 5.74) is 0. The fraction of sp³-hybridized carbons (Fsp3) is 1.00. The second-order valence-electron chi connectivity index (χ2n) is 8.45. The molecule has 0 rings (SSSR count). The van der Waals surface area contributed by atoms with Gasteiger partial charge in [-0.1, -0.05) is 39.0 Å². The van der Waals surface area contributed by atoms with Crippen LogP contribution >= 0.6 is 0 Å². The molecule has 14 nitrogen and oxygen atoms in total. The Labute approximate surface area is 246 Å². The standard InChI is InChI=1S/C26H54O10.H2O4S/c1-2-3-4-5-6-7-9-28-11-13-30-15-17-32-19-21-34-23-25-36-26-24-35-22-20-33-18-16-31-14-12-29-10-8-27;1-5(2,3)4/h27H,2-26H2,1H3;(H2,1,2,3,4). The van der Waals surface area contributed by atoms with Crippen LogP contribution in [0.2, 0.25) is 0 Å². The van der Waals surface area contributed by atoms with E-state index in [1.54, 1.807) is 0 Å². The monoisotopic (exact) mass is 624 g/mol. The average Bonchev–Trinajstić information content (AvgIpc) is 2.93. The number of aliphatic hydroxyl groups is 1. The zero-order valence-electron chi connectivity index (χ0n) is 24.9. The van der Waals surface area contributed by atoms with Crippen molar-refractivity contribution in [1.29, 1.82) is 0 Å². The number of aliphatic hydroxyl groups excluding tert-OH is 1. The Balaban J connectivity index is 0. The van der Waals surface area contributed by atoms with Gasteiger partial charge in [-0.15, -0.1) is 0 Å². The minimum Gasteiger partial charge on any atom is -0.394 e. The van der Waals surface area contributed by atoms with E-state index in [1.807, 2.05) is 0 Å². The third-order valence-corrected chi connectivity index (χ3v) is 4.85. The van der Waals surface area contributed by atoms with Gasteiger partial charge in [0.1, 0.15) is 0 Å². The van der Waals surface area contributed by atoms with Crippen LogP contribution in [0.15, 0.2) is 0 Å². The first-order valence-corrected chi connectivity index (χ1v) is 15.8. The lowest BCUT2D eigenvalue weighted by Crippen LogP contribution is -2.15. The second-order valence-corrected chi connectivity index (χ2v) is 9.35. The molecule has 0 aromatic heterocycles. The maximum atomic E-state index is 8.74. The molecule has 250 valence electrons. The van der Waals surface area contributed by atoms with Gasteiger partial charge in [0.05, 0.1) is 119 Å². The van der Waals surface area contributed by atoms with Crippen LogP contribution in [-0.2, 0) is 53.0 Å². The van der Waals surface area contributed by atoms with Gasteiger partial charge in [-0.2, -0.15) is 8.42 Å². The SMILES string of the molecule is CCCCCCCCOCCOCCOCCOCCOCCOCCOCCOCCOCCO.O=S(=O)(O)O. The first kappa shape index (κ1) is 42.6. The summed E-state index contributed by atoms with van der Waals surface area (Å²) in [7, 11) is -4.67. The number of hydrogen-bond donors (Lipinski definition) is 3. The van der Waals surface area contributed by atoms with Gasteiger partial charge in [0.2, 0.25) is 0 Å². The number of hydrogen-bond acceptors (Lipinski definition) is 12. The van der Waals surface area contributed by atoms with E-state index in [0.29, 0.717) is 112 Å². The highest BCUT2D eigenvalue weighted by Gasteiger charge is 1.96. The maximum Gasteiger partial charge on any atom is 0.394 e. The van der Waals surface area contributed by atoms with Crippen molar-refractivity contribution in [2.75, 3.05) is 126 Å². The van der Waals surface area contributed by atoms with E-state index in [4.69, 9.17) is 65.3 Å². The van der Waals surface area contributed by atoms with Crippen molar-refractivity contribution in [3.05, 3.63) is 0 Å². The molecule has 0 bridgehead atoms. The molecular weight excluding hydrogens is 568 g/mol. The highest BCUT2D eigenvalue weighted by molar-refractivity contribution is 7.79. The van der Waals surface area contributed by atoms with E-state index in [2.05, 4.69) is 6.92 Å². The predicted molar refractivity (Wildman–Crippen MR) is 152 cm³/mol. The number of ether oxygens (including phenoxy) is 9. The molecule has 0 atom stereocenters. The van der Waals surface area contributed by atoms with Crippen LogP contribution in [0.4, 0.5) is 0 Å². The van der Waals surface area contributed by atoms with Gasteiger partial charge in [0, 0.05) is 6.61 Å². The molecule has 15 heteroatoms. The minimum atomic E-state index is -4.67. The molecule has 3 N–H and O–H groups in total. The van der Waals surface area contributed by atoms with E-state index in [-0.39, 0.29) is 6.61 Å². The molecule has 0 radical (unpaired) electrons. The maximum absolute atomic E-state index is 8.74. The van der Waals surface area contributed by atoms with Gasteiger partial charge in [-0.25, -0.2) is 0 Å². The Morgan fingerprint density at radius 2 is 0.610 bits per heavy atom. The molecule has 0 spiro atoms. The van der Waals surface area contributed by atoms with Gasteiger partial charge in [0.25, 0.3) is 0 Å². The van der Waals surface area contributed by atoms with Gasteiger partial charge >= 0.3 is 10.4 Å². The van der Waals surface area contributed by atoms with Crippen LogP contribution in [0, 0.1) is 0 Å². The van der Waals surface area contributed by atoms with Gasteiger partial charge in [0.15, 0.2) is 0 Å². The zero-order valence-corrected chi connectivity index (χ0v) is 25.7.